The minimum absolute atomic E-state index is 0.111. The van der Waals surface area contributed by atoms with E-state index in [-0.39, 0.29) is 5.69 Å². The second-order valence-electron chi connectivity index (χ2n) is 7.55. The fraction of sp³-hybridized carbons (Fsp3) is 0.0417. The van der Waals surface area contributed by atoms with E-state index in [1.54, 1.807) is 9.20 Å². The van der Waals surface area contributed by atoms with Crippen LogP contribution in [0.1, 0.15) is 5.82 Å². The highest BCUT2D eigenvalue weighted by atomic mass is 32.2. The van der Waals surface area contributed by atoms with E-state index in [9.17, 15) is 9.18 Å². The summed E-state index contributed by atoms with van der Waals surface area (Å²) in [6, 6.07) is 22.6. The van der Waals surface area contributed by atoms with Crippen LogP contribution in [0.5, 0.6) is 0 Å². The summed E-state index contributed by atoms with van der Waals surface area (Å²) in [6.07, 6.45) is 0. The van der Waals surface area contributed by atoms with E-state index in [4.69, 9.17) is 4.98 Å². The number of hydrogen-bond acceptors (Lipinski definition) is 8. The number of hydrogen-bond donors (Lipinski definition) is 0. The largest absolute Gasteiger partial charge is 0.300 e. The van der Waals surface area contributed by atoms with Gasteiger partial charge < -0.3 is 0 Å². The lowest BCUT2D eigenvalue weighted by Crippen LogP contribution is -2.19. The molecule has 6 rings (SSSR count). The van der Waals surface area contributed by atoms with Gasteiger partial charge in [-0.3, -0.25) is 4.79 Å². The molecular formula is C24H15FN8OS. The quantitative estimate of drug-likeness (QED) is 0.271. The SMILES string of the molecule is O=c1nc2c3ccccc3nc(CSc3nnnn3-c3ccccc3)n2nc1-c1ccc(F)cc1. The number of rotatable bonds is 5. The molecule has 170 valence electrons. The van der Waals surface area contributed by atoms with Crippen LogP contribution in [0.15, 0.2) is 88.8 Å². The van der Waals surface area contributed by atoms with E-state index in [1.807, 2.05) is 54.6 Å². The summed E-state index contributed by atoms with van der Waals surface area (Å²) in [4.78, 5) is 22.0. The first-order chi connectivity index (χ1) is 17.2. The summed E-state index contributed by atoms with van der Waals surface area (Å²) in [5, 5.41) is 17.9. The Balaban J connectivity index is 1.47. The molecule has 0 amide bonds. The van der Waals surface area contributed by atoms with Gasteiger partial charge in [-0.1, -0.05) is 42.1 Å². The van der Waals surface area contributed by atoms with Crippen LogP contribution < -0.4 is 5.56 Å². The van der Waals surface area contributed by atoms with Gasteiger partial charge in [0.15, 0.2) is 11.3 Å². The van der Waals surface area contributed by atoms with Gasteiger partial charge in [0.1, 0.15) is 11.6 Å². The summed E-state index contributed by atoms with van der Waals surface area (Å²) in [6.45, 7) is 0. The van der Waals surface area contributed by atoms with Gasteiger partial charge in [-0.15, -0.1) is 5.10 Å². The van der Waals surface area contributed by atoms with E-state index in [0.29, 0.717) is 38.8 Å². The molecule has 11 heteroatoms. The van der Waals surface area contributed by atoms with Crippen LogP contribution in [-0.4, -0.2) is 39.8 Å². The van der Waals surface area contributed by atoms with Crippen molar-refractivity contribution in [1.29, 1.82) is 0 Å². The highest BCUT2D eigenvalue weighted by molar-refractivity contribution is 7.98. The Hall–Kier alpha value is -4.51. The van der Waals surface area contributed by atoms with Crippen LogP contribution in [0.25, 0.3) is 33.5 Å². The van der Waals surface area contributed by atoms with Crippen molar-refractivity contribution in [3.05, 3.63) is 101 Å². The number of nitrogens with zero attached hydrogens (tertiary/aromatic N) is 8. The third kappa shape index (κ3) is 3.91. The number of aromatic nitrogens is 8. The van der Waals surface area contributed by atoms with Crippen molar-refractivity contribution in [1.82, 2.24) is 39.8 Å². The summed E-state index contributed by atoms with van der Waals surface area (Å²) >= 11 is 1.38. The zero-order valence-electron chi connectivity index (χ0n) is 18.0. The standard InChI is InChI=1S/C24H15FN8OS/c25-16-12-10-15(11-13-16)21-23(34)27-22-18-8-4-5-9-19(18)26-20(33(22)29-21)14-35-24-28-30-31-32(24)17-6-2-1-3-7-17/h1-13H,14H2. The molecule has 0 aliphatic heterocycles. The van der Waals surface area contributed by atoms with Gasteiger partial charge in [0.2, 0.25) is 5.16 Å². The van der Waals surface area contributed by atoms with Crippen LogP contribution in [0.2, 0.25) is 0 Å². The molecule has 3 aromatic carbocycles. The van der Waals surface area contributed by atoms with E-state index >= 15 is 0 Å². The molecule has 0 N–H and O–H groups in total. The Bertz CT molecular complexity index is 1730. The van der Waals surface area contributed by atoms with E-state index < -0.39 is 11.4 Å². The monoisotopic (exact) mass is 482 g/mol. The maximum absolute atomic E-state index is 13.4. The van der Waals surface area contributed by atoms with Crippen LogP contribution in [0.3, 0.4) is 0 Å². The Morgan fingerprint density at radius 2 is 1.66 bits per heavy atom. The molecule has 0 saturated carbocycles. The molecular weight excluding hydrogens is 467 g/mol. The molecule has 0 fully saturated rings. The summed E-state index contributed by atoms with van der Waals surface area (Å²) in [5.74, 6) is 0.514. The molecule has 0 spiro atoms. The van der Waals surface area contributed by atoms with Gasteiger partial charge >= 0.3 is 0 Å². The molecule has 0 bridgehead atoms. The van der Waals surface area contributed by atoms with Gasteiger partial charge in [0.05, 0.1) is 17.0 Å². The zero-order valence-corrected chi connectivity index (χ0v) is 18.8. The number of para-hydroxylation sites is 2. The third-order valence-electron chi connectivity index (χ3n) is 5.34. The Labute approximate surface area is 201 Å². The minimum atomic E-state index is -0.500. The van der Waals surface area contributed by atoms with Gasteiger partial charge in [-0.05, 0) is 59.0 Å². The Morgan fingerprint density at radius 3 is 2.49 bits per heavy atom. The van der Waals surface area contributed by atoms with Crippen molar-refractivity contribution >= 4 is 28.3 Å². The van der Waals surface area contributed by atoms with Crippen LogP contribution in [-0.2, 0) is 5.75 Å². The van der Waals surface area contributed by atoms with E-state index in [2.05, 4.69) is 25.6 Å². The number of tetrazole rings is 1. The first kappa shape index (κ1) is 21.1. The average Bonchev–Trinajstić information content (AvgIpc) is 3.37. The highest BCUT2D eigenvalue weighted by Crippen LogP contribution is 2.25. The lowest BCUT2D eigenvalue weighted by Gasteiger charge is -2.11. The molecule has 6 aromatic rings. The molecule has 3 aromatic heterocycles. The smallest absolute Gasteiger partial charge is 0.265 e. The summed E-state index contributed by atoms with van der Waals surface area (Å²) < 4.78 is 16.6. The molecule has 0 saturated heterocycles. The Morgan fingerprint density at radius 1 is 0.886 bits per heavy atom. The number of benzene rings is 3. The van der Waals surface area contributed by atoms with Gasteiger partial charge in [-0.2, -0.15) is 19.3 Å². The van der Waals surface area contributed by atoms with Crippen molar-refractivity contribution < 1.29 is 4.39 Å². The summed E-state index contributed by atoms with van der Waals surface area (Å²) in [5.41, 5.74) is 2.00. The van der Waals surface area contributed by atoms with Crippen molar-refractivity contribution in [3.8, 4) is 16.9 Å². The van der Waals surface area contributed by atoms with Crippen LogP contribution in [0, 0.1) is 5.82 Å². The molecule has 0 unspecified atom stereocenters. The van der Waals surface area contributed by atoms with Crippen molar-refractivity contribution in [3.63, 3.8) is 0 Å². The van der Waals surface area contributed by atoms with Crippen LogP contribution >= 0.6 is 11.8 Å². The first-order valence-corrected chi connectivity index (χ1v) is 11.6. The molecule has 3 heterocycles. The van der Waals surface area contributed by atoms with E-state index in [0.717, 1.165) is 5.69 Å². The van der Waals surface area contributed by atoms with Gasteiger partial charge in [0.25, 0.3) is 5.56 Å². The fourth-order valence-corrected chi connectivity index (χ4v) is 4.50. The lowest BCUT2D eigenvalue weighted by molar-refractivity contribution is 0.628. The second kappa shape index (κ2) is 8.69. The topological polar surface area (TPSA) is 104 Å². The van der Waals surface area contributed by atoms with Gasteiger partial charge in [0, 0.05) is 10.9 Å². The number of halogens is 1. The molecule has 0 aliphatic rings. The van der Waals surface area contributed by atoms with Crippen LogP contribution in [0.4, 0.5) is 4.39 Å². The summed E-state index contributed by atoms with van der Waals surface area (Å²) in [7, 11) is 0. The maximum Gasteiger partial charge on any atom is 0.300 e. The molecule has 0 aliphatic carbocycles. The van der Waals surface area contributed by atoms with Crippen molar-refractivity contribution in [2.45, 2.75) is 10.9 Å². The zero-order chi connectivity index (χ0) is 23.8. The second-order valence-corrected chi connectivity index (χ2v) is 8.49. The van der Waals surface area contributed by atoms with Crippen molar-refractivity contribution in [2.75, 3.05) is 0 Å². The number of fused-ring (bicyclic) bond motifs is 3. The third-order valence-corrected chi connectivity index (χ3v) is 6.25. The lowest BCUT2D eigenvalue weighted by atomic mass is 10.1. The fourth-order valence-electron chi connectivity index (χ4n) is 3.70. The maximum atomic E-state index is 13.4. The Kier molecular flexibility index (Phi) is 5.23. The average molecular weight is 483 g/mol. The normalized spacial score (nSPS) is 11.3. The minimum Gasteiger partial charge on any atom is -0.265 e. The molecule has 9 nitrogen and oxygen atoms in total. The molecule has 35 heavy (non-hydrogen) atoms. The highest BCUT2D eigenvalue weighted by Gasteiger charge is 2.17. The van der Waals surface area contributed by atoms with Gasteiger partial charge in [-0.25, -0.2) is 9.37 Å². The molecule has 0 radical (unpaired) electrons. The molecule has 0 atom stereocenters. The van der Waals surface area contributed by atoms with E-state index in [1.165, 1.54) is 36.0 Å². The van der Waals surface area contributed by atoms with Crippen molar-refractivity contribution in [2.24, 2.45) is 0 Å². The first-order valence-electron chi connectivity index (χ1n) is 10.6. The predicted octanol–water partition coefficient (Wildman–Crippen LogP) is 3.71. The predicted molar refractivity (Wildman–Crippen MR) is 129 cm³/mol. The number of thioether (sulfide) groups is 1.